The Hall–Kier alpha value is -2.27. The smallest absolute Gasteiger partial charge is 0.315 e. The molecular weight excluding hydrogens is 302 g/mol. The second-order valence-corrected chi connectivity index (χ2v) is 6.22. The average Bonchev–Trinajstić information content (AvgIpc) is 3.14. The fraction of sp³-hybridized carbons (Fsp3) is 0.421. The molecule has 1 saturated heterocycles. The summed E-state index contributed by atoms with van der Waals surface area (Å²) in [5.41, 5.74) is 2.47. The number of furan rings is 1. The molecule has 5 heteroatoms. The van der Waals surface area contributed by atoms with Gasteiger partial charge in [0, 0.05) is 13.1 Å². The molecule has 0 aliphatic carbocycles. The number of hydrogen-bond donors (Lipinski definition) is 2. The maximum atomic E-state index is 11.9. The number of nitrogens with zero attached hydrogens (tertiary/aromatic N) is 1. The van der Waals surface area contributed by atoms with E-state index in [1.807, 2.05) is 18.2 Å². The zero-order chi connectivity index (χ0) is 16.6. The average molecular weight is 327 g/mol. The molecule has 24 heavy (non-hydrogen) atoms. The van der Waals surface area contributed by atoms with Gasteiger partial charge < -0.3 is 15.1 Å². The highest BCUT2D eigenvalue weighted by Crippen LogP contribution is 2.16. The lowest BCUT2D eigenvalue weighted by Gasteiger charge is -2.27. The summed E-state index contributed by atoms with van der Waals surface area (Å²) < 4.78 is 5.20. The van der Waals surface area contributed by atoms with E-state index in [1.54, 1.807) is 6.26 Å². The van der Waals surface area contributed by atoms with E-state index in [0.29, 0.717) is 13.1 Å². The largest absolute Gasteiger partial charge is 0.467 e. The summed E-state index contributed by atoms with van der Waals surface area (Å²) in [4.78, 5) is 14.4. The van der Waals surface area contributed by atoms with E-state index in [0.717, 1.165) is 12.3 Å². The van der Waals surface area contributed by atoms with E-state index in [2.05, 4.69) is 33.7 Å². The summed E-state index contributed by atoms with van der Waals surface area (Å²) in [6.07, 6.45) is 5.52. The van der Waals surface area contributed by atoms with Gasteiger partial charge in [-0.25, -0.2) is 4.79 Å². The normalized spacial score (nSPS) is 15.2. The molecule has 0 atom stereocenters. The minimum absolute atomic E-state index is 0.181. The third-order valence-electron chi connectivity index (χ3n) is 4.40. The Labute approximate surface area is 143 Å². The molecule has 0 spiro atoms. The van der Waals surface area contributed by atoms with Crippen molar-refractivity contribution in [3.8, 4) is 0 Å². The van der Waals surface area contributed by atoms with Gasteiger partial charge in [0.05, 0.1) is 12.8 Å². The van der Waals surface area contributed by atoms with Crippen molar-refractivity contribution in [1.29, 1.82) is 0 Å². The maximum absolute atomic E-state index is 11.9. The molecule has 1 aromatic carbocycles. The third kappa shape index (κ3) is 4.86. The van der Waals surface area contributed by atoms with E-state index >= 15 is 0 Å². The van der Waals surface area contributed by atoms with Crippen molar-refractivity contribution in [1.82, 2.24) is 15.5 Å². The van der Waals surface area contributed by atoms with Crippen LogP contribution >= 0.6 is 0 Å². The van der Waals surface area contributed by atoms with Gasteiger partial charge in [0.25, 0.3) is 0 Å². The van der Waals surface area contributed by atoms with Crippen LogP contribution in [0.1, 0.15) is 36.1 Å². The summed E-state index contributed by atoms with van der Waals surface area (Å²) >= 11 is 0. The molecule has 0 unspecified atom stereocenters. The van der Waals surface area contributed by atoms with Gasteiger partial charge >= 0.3 is 6.03 Å². The van der Waals surface area contributed by atoms with Gasteiger partial charge in [-0.2, -0.15) is 0 Å². The molecule has 2 amide bonds. The minimum atomic E-state index is -0.181. The summed E-state index contributed by atoms with van der Waals surface area (Å²) in [5, 5.41) is 5.73. The van der Waals surface area contributed by atoms with Crippen LogP contribution < -0.4 is 10.6 Å². The summed E-state index contributed by atoms with van der Waals surface area (Å²) in [6.45, 7) is 4.24. The molecule has 5 nitrogen and oxygen atoms in total. The summed E-state index contributed by atoms with van der Waals surface area (Å²) in [5.74, 6) is 0.746. The lowest BCUT2D eigenvalue weighted by molar-refractivity contribution is 0.220. The van der Waals surface area contributed by atoms with Gasteiger partial charge in [-0.15, -0.1) is 0 Å². The van der Waals surface area contributed by atoms with Crippen LogP contribution in [0.4, 0.5) is 4.79 Å². The van der Waals surface area contributed by atoms with Gasteiger partial charge in [0.2, 0.25) is 0 Å². The number of carbonyl (C=O) groups excluding carboxylic acids is 1. The molecule has 0 radical (unpaired) electrons. The number of likely N-dealkylation sites (tertiary alicyclic amines) is 1. The molecule has 2 aromatic rings. The number of urea groups is 1. The zero-order valence-corrected chi connectivity index (χ0v) is 14.0. The number of amides is 2. The number of rotatable bonds is 6. The predicted molar refractivity (Wildman–Crippen MR) is 93.4 cm³/mol. The van der Waals surface area contributed by atoms with Crippen molar-refractivity contribution in [3.05, 3.63) is 59.5 Å². The van der Waals surface area contributed by atoms with Crippen molar-refractivity contribution < 1.29 is 9.21 Å². The molecule has 128 valence electrons. The van der Waals surface area contributed by atoms with E-state index in [1.165, 1.54) is 43.5 Å². The Balaban J connectivity index is 1.49. The van der Waals surface area contributed by atoms with Crippen molar-refractivity contribution in [2.45, 2.75) is 38.9 Å². The van der Waals surface area contributed by atoms with Crippen LogP contribution in [-0.2, 0) is 19.6 Å². The molecule has 3 rings (SSSR count). The Morgan fingerprint density at radius 3 is 2.46 bits per heavy atom. The molecule has 2 heterocycles. The van der Waals surface area contributed by atoms with Gasteiger partial charge in [-0.05, 0) is 49.2 Å². The van der Waals surface area contributed by atoms with Crippen molar-refractivity contribution in [3.63, 3.8) is 0 Å². The quantitative estimate of drug-likeness (QED) is 0.856. The standard InChI is InChI=1S/C19H25N3O2/c23-19(21-14-18-9-6-12-24-18)20-13-16-7-2-3-8-17(16)15-22-10-4-1-5-11-22/h2-3,6-9,12H,1,4-5,10-11,13-15H2,(H2,20,21,23). The fourth-order valence-corrected chi connectivity index (χ4v) is 3.06. The SMILES string of the molecule is O=C(NCc1ccco1)NCc1ccccc1CN1CCCCC1. The van der Waals surface area contributed by atoms with Crippen LogP contribution in [0.15, 0.2) is 47.1 Å². The van der Waals surface area contributed by atoms with E-state index in [4.69, 9.17) is 4.42 Å². The van der Waals surface area contributed by atoms with Gasteiger partial charge in [0.15, 0.2) is 0 Å². The Bertz CT molecular complexity index is 634. The first-order valence-corrected chi connectivity index (χ1v) is 8.64. The second-order valence-electron chi connectivity index (χ2n) is 6.22. The molecule has 2 N–H and O–H groups in total. The molecule has 1 fully saturated rings. The molecule has 0 bridgehead atoms. The first-order valence-electron chi connectivity index (χ1n) is 8.64. The first-order chi connectivity index (χ1) is 11.8. The number of benzene rings is 1. The fourth-order valence-electron chi connectivity index (χ4n) is 3.06. The van der Waals surface area contributed by atoms with Crippen LogP contribution in [-0.4, -0.2) is 24.0 Å². The van der Waals surface area contributed by atoms with E-state index in [-0.39, 0.29) is 6.03 Å². The van der Waals surface area contributed by atoms with E-state index < -0.39 is 0 Å². The number of nitrogens with one attached hydrogen (secondary N) is 2. The Kier molecular flexibility index (Phi) is 5.90. The number of hydrogen-bond acceptors (Lipinski definition) is 3. The van der Waals surface area contributed by atoms with Gasteiger partial charge in [-0.3, -0.25) is 4.90 Å². The number of piperidine rings is 1. The minimum Gasteiger partial charge on any atom is -0.467 e. The summed E-state index contributed by atoms with van der Waals surface area (Å²) in [7, 11) is 0. The highest BCUT2D eigenvalue weighted by atomic mass is 16.3. The monoisotopic (exact) mass is 327 g/mol. The van der Waals surface area contributed by atoms with Crippen LogP contribution in [0, 0.1) is 0 Å². The topological polar surface area (TPSA) is 57.5 Å². The first kappa shape index (κ1) is 16.6. The predicted octanol–water partition coefficient (Wildman–Crippen LogP) is 3.26. The zero-order valence-electron chi connectivity index (χ0n) is 14.0. The van der Waals surface area contributed by atoms with Crippen molar-refractivity contribution in [2.24, 2.45) is 0 Å². The third-order valence-corrected chi connectivity index (χ3v) is 4.40. The lowest BCUT2D eigenvalue weighted by atomic mass is 10.0. The van der Waals surface area contributed by atoms with Crippen LogP contribution in [0.3, 0.4) is 0 Å². The Morgan fingerprint density at radius 2 is 1.71 bits per heavy atom. The summed E-state index contributed by atoms with van der Waals surface area (Å²) in [6, 6.07) is 11.8. The van der Waals surface area contributed by atoms with E-state index in [9.17, 15) is 4.79 Å². The highest BCUT2D eigenvalue weighted by Gasteiger charge is 2.12. The maximum Gasteiger partial charge on any atom is 0.315 e. The molecule has 1 aliphatic heterocycles. The molecule has 0 saturated carbocycles. The lowest BCUT2D eigenvalue weighted by Crippen LogP contribution is -2.35. The number of carbonyl (C=O) groups is 1. The van der Waals surface area contributed by atoms with Crippen LogP contribution in [0.2, 0.25) is 0 Å². The van der Waals surface area contributed by atoms with Gasteiger partial charge in [0.1, 0.15) is 5.76 Å². The Morgan fingerprint density at radius 1 is 0.958 bits per heavy atom. The van der Waals surface area contributed by atoms with Gasteiger partial charge in [-0.1, -0.05) is 30.7 Å². The molecular formula is C19H25N3O2. The highest BCUT2D eigenvalue weighted by molar-refractivity contribution is 5.73. The molecule has 1 aliphatic rings. The van der Waals surface area contributed by atoms with Crippen molar-refractivity contribution >= 4 is 6.03 Å². The molecule has 1 aromatic heterocycles. The van der Waals surface area contributed by atoms with Crippen molar-refractivity contribution in [2.75, 3.05) is 13.1 Å². The second kappa shape index (κ2) is 8.55. The van der Waals surface area contributed by atoms with Crippen LogP contribution in [0.25, 0.3) is 0 Å². The van der Waals surface area contributed by atoms with Crippen LogP contribution in [0.5, 0.6) is 0 Å².